The Morgan fingerprint density at radius 3 is 2.18 bits per heavy atom. The van der Waals surface area contributed by atoms with Crippen molar-refractivity contribution in [1.29, 1.82) is 0 Å². The molecule has 0 N–H and O–H groups in total. The van der Waals surface area contributed by atoms with Gasteiger partial charge < -0.3 is 0 Å². The summed E-state index contributed by atoms with van der Waals surface area (Å²) in [7, 11) is 0. The first-order chi connectivity index (χ1) is 8.10. The summed E-state index contributed by atoms with van der Waals surface area (Å²) in [6.45, 7) is 6.50. The fraction of sp³-hybridized carbons (Fsp3) is 0.294. The molecular weight excluding hydrogens is 204 g/mol. The van der Waals surface area contributed by atoms with E-state index in [4.69, 9.17) is 0 Å². The van der Waals surface area contributed by atoms with E-state index in [0.29, 0.717) is 0 Å². The van der Waals surface area contributed by atoms with E-state index in [1.54, 1.807) is 0 Å². The predicted octanol–water partition coefficient (Wildman–Crippen LogP) is 5.08. The zero-order valence-corrected chi connectivity index (χ0v) is 11.1. The van der Waals surface area contributed by atoms with E-state index in [2.05, 4.69) is 69.4 Å². The Hall–Kier alpha value is -1.56. The van der Waals surface area contributed by atoms with Crippen LogP contribution in [0.4, 0.5) is 0 Å². The van der Waals surface area contributed by atoms with E-state index in [1.807, 2.05) is 18.2 Å². The minimum absolute atomic E-state index is 0.241. The van der Waals surface area contributed by atoms with Crippen molar-refractivity contribution >= 4 is 0 Å². The van der Waals surface area contributed by atoms with E-state index >= 15 is 0 Å². The quantitative estimate of drug-likeness (QED) is 0.541. The Bertz CT molecular complexity index is 391. The van der Waals surface area contributed by atoms with E-state index in [1.165, 1.54) is 5.56 Å². The van der Waals surface area contributed by atoms with Crippen LogP contribution in [0.5, 0.6) is 0 Å². The van der Waals surface area contributed by atoms with Gasteiger partial charge in [-0.25, -0.2) is 0 Å². The monoisotopic (exact) mass is 226 g/mol. The van der Waals surface area contributed by atoms with E-state index < -0.39 is 0 Å². The molecule has 2 rings (SSSR count). The fourth-order valence-electron chi connectivity index (χ4n) is 1.50. The molecule has 0 aliphatic heterocycles. The molecular formula is C17H22. The largest absolute Gasteiger partial charge is 0.0839 e. The molecule has 1 aromatic rings. The van der Waals surface area contributed by atoms with Gasteiger partial charge in [0.25, 0.3) is 0 Å². The summed E-state index contributed by atoms with van der Waals surface area (Å²) in [5.74, 6) is 0. The molecule has 0 atom stereocenters. The van der Waals surface area contributed by atoms with Crippen LogP contribution in [0.1, 0.15) is 25.8 Å². The van der Waals surface area contributed by atoms with Gasteiger partial charge in [-0.1, -0.05) is 86.2 Å². The third-order valence-electron chi connectivity index (χ3n) is 2.53. The highest BCUT2D eigenvalue weighted by Gasteiger charge is 2.07. The molecule has 1 aromatic carbocycles. The number of allylic oxidation sites excluding steroid dienone is 6. The molecule has 0 aromatic heterocycles. The Morgan fingerprint density at radius 2 is 1.59 bits per heavy atom. The molecule has 0 unspecified atom stereocenters. The molecule has 0 nitrogen and oxygen atoms in total. The Morgan fingerprint density at radius 1 is 0.882 bits per heavy atom. The van der Waals surface area contributed by atoms with Crippen molar-refractivity contribution in [2.45, 2.75) is 27.2 Å². The molecule has 0 heterocycles. The van der Waals surface area contributed by atoms with Crippen molar-refractivity contribution in [1.82, 2.24) is 0 Å². The molecule has 0 heteroatoms. The van der Waals surface area contributed by atoms with Crippen LogP contribution in [0.3, 0.4) is 0 Å². The van der Waals surface area contributed by atoms with E-state index in [-0.39, 0.29) is 5.41 Å². The first-order valence-corrected chi connectivity index (χ1v) is 6.14. The summed E-state index contributed by atoms with van der Waals surface area (Å²) in [6.07, 6.45) is 14.1. The van der Waals surface area contributed by atoms with Gasteiger partial charge in [-0.05, 0) is 13.3 Å². The summed E-state index contributed by atoms with van der Waals surface area (Å²) in [5, 5.41) is 0. The highest BCUT2D eigenvalue weighted by atomic mass is 14.1. The standard InChI is InChI=1S/C10H14.C7H8/c1-10(2)8-6-4-3-5-7-9-10;1-7-5-3-2-4-6-7/h3-4,6-9H,5H2,1-2H3;2-6H,1H3/b4-3-,8-6-,9-7-;. The number of hydrogen-bond acceptors (Lipinski definition) is 0. The van der Waals surface area contributed by atoms with Gasteiger partial charge in [0.2, 0.25) is 0 Å². The van der Waals surface area contributed by atoms with Crippen molar-refractivity contribution in [3.05, 3.63) is 72.4 Å². The first kappa shape index (κ1) is 13.5. The Labute approximate surface area is 105 Å². The lowest BCUT2D eigenvalue weighted by Gasteiger charge is -2.14. The smallest absolute Gasteiger partial charge is 0.000763 e. The maximum Gasteiger partial charge on any atom is 0.000763 e. The molecule has 1 aliphatic rings. The lowest BCUT2D eigenvalue weighted by atomic mass is 9.91. The van der Waals surface area contributed by atoms with E-state index in [0.717, 1.165) is 6.42 Å². The van der Waals surface area contributed by atoms with Crippen LogP contribution in [0.15, 0.2) is 66.8 Å². The molecule has 1 aliphatic carbocycles. The van der Waals surface area contributed by atoms with Crippen molar-refractivity contribution in [2.24, 2.45) is 5.41 Å². The van der Waals surface area contributed by atoms with Crippen LogP contribution in [-0.4, -0.2) is 0 Å². The van der Waals surface area contributed by atoms with Gasteiger partial charge in [0.15, 0.2) is 0 Å². The van der Waals surface area contributed by atoms with Gasteiger partial charge in [0.1, 0.15) is 0 Å². The summed E-state index contributed by atoms with van der Waals surface area (Å²) < 4.78 is 0. The SMILES string of the molecule is CC1(C)/C=C\C=C/C/C=C\1.Cc1ccccc1. The average Bonchev–Trinajstić information content (AvgIpc) is 2.27. The minimum Gasteiger partial charge on any atom is -0.0839 e. The Balaban J connectivity index is 0.000000181. The maximum atomic E-state index is 2.24. The van der Waals surface area contributed by atoms with Crippen LogP contribution >= 0.6 is 0 Å². The second-order valence-electron chi connectivity index (χ2n) is 4.90. The Kier molecular flexibility index (Phi) is 5.48. The average molecular weight is 226 g/mol. The normalized spacial score (nSPS) is 22.3. The van der Waals surface area contributed by atoms with Gasteiger partial charge in [-0.15, -0.1) is 0 Å². The first-order valence-electron chi connectivity index (χ1n) is 6.14. The number of rotatable bonds is 0. The lowest BCUT2D eigenvalue weighted by molar-refractivity contribution is 0.623. The highest BCUT2D eigenvalue weighted by Crippen LogP contribution is 2.20. The van der Waals surface area contributed by atoms with Gasteiger partial charge in [0, 0.05) is 5.41 Å². The lowest BCUT2D eigenvalue weighted by Crippen LogP contribution is -2.01. The molecule has 17 heavy (non-hydrogen) atoms. The minimum atomic E-state index is 0.241. The topological polar surface area (TPSA) is 0 Å². The fourth-order valence-corrected chi connectivity index (χ4v) is 1.50. The molecule has 0 bridgehead atoms. The number of hydrogen-bond donors (Lipinski definition) is 0. The van der Waals surface area contributed by atoms with E-state index in [9.17, 15) is 0 Å². The highest BCUT2D eigenvalue weighted by molar-refractivity contribution is 5.17. The number of benzene rings is 1. The van der Waals surface area contributed by atoms with Crippen molar-refractivity contribution in [3.63, 3.8) is 0 Å². The maximum absolute atomic E-state index is 2.24. The third kappa shape index (κ3) is 6.57. The second kappa shape index (κ2) is 6.90. The number of aryl methyl sites for hydroxylation is 1. The van der Waals surface area contributed by atoms with Crippen LogP contribution in [0.2, 0.25) is 0 Å². The summed E-state index contributed by atoms with van der Waals surface area (Å²) >= 11 is 0. The van der Waals surface area contributed by atoms with Gasteiger partial charge in [0.05, 0.1) is 0 Å². The van der Waals surface area contributed by atoms with Crippen LogP contribution in [0.25, 0.3) is 0 Å². The third-order valence-corrected chi connectivity index (χ3v) is 2.53. The molecule has 0 radical (unpaired) electrons. The van der Waals surface area contributed by atoms with Crippen LogP contribution in [0, 0.1) is 12.3 Å². The molecule has 0 saturated heterocycles. The second-order valence-corrected chi connectivity index (χ2v) is 4.90. The predicted molar refractivity (Wildman–Crippen MR) is 77.0 cm³/mol. The van der Waals surface area contributed by atoms with Gasteiger partial charge >= 0.3 is 0 Å². The van der Waals surface area contributed by atoms with Crippen LogP contribution in [-0.2, 0) is 0 Å². The molecule has 90 valence electrons. The van der Waals surface area contributed by atoms with Crippen molar-refractivity contribution in [2.75, 3.05) is 0 Å². The van der Waals surface area contributed by atoms with Crippen molar-refractivity contribution < 1.29 is 0 Å². The molecule has 0 amide bonds. The molecule has 0 fully saturated rings. The molecule has 0 saturated carbocycles. The van der Waals surface area contributed by atoms with Gasteiger partial charge in [-0.3, -0.25) is 0 Å². The summed E-state index contributed by atoms with van der Waals surface area (Å²) in [4.78, 5) is 0. The summed E-state index contributed by atoms with van der Waals surface area (Å²) in [6, 6.07) is 10.3. The molecule has 0 spiro atoms. The zero-order chi connectivity index (χ0) is 12.6. The van der Waals surface area contributed by atoms with Crippen LogP contribution < -0.4 is 0 Å². The van der Waals surface area contributed by atoms with Gasteiger partial charge in [-0.2, -0.15) is 0 Å². The van der Waals surface area contributed by atoms with Crippen molar-refractivity contribution in [3.8, 4) is 0 Å². The summed E-state index contributed by atoms with van der Waals surface area (Å²) in [5.41, 5.74) is 1.56. The zero-order valence-electron chi connectivity index (χ0n) is 11.1.